The smallest absolute Gasteiger partial charge is 0.157 e. The largest absolute Gasteiger partial charge is 0.394 e. The first-order valence-corrected chi connectivity index (χ1v) is 6.63. The van der Waals surface area contributed by atoms with Crippen LogP contribution in [0.15, 0.2) is 12.3 Å². The van der Waals surface area contributed by atoms with Gasteiger partial charge in [-0.1, -0.05) is 6.92 Å². The molecule has 104 valence electrons. The van der Waals surface area contributed by atoms with Crippen molar-refractivity contribution in [3.8, 4) is 0 Å². The standard InChI is InChI=1S/C14H22N4O/c1-5-14(3,9-19)16-8-11-6-12-10(2)17-18(4)13(12)15-7-11/h6-7,16,19H,5,8-9H2,1-4H3. The van der Waals surface area contributed by atoms with Crippen molar-refractivity contribution in [2.75, 3.05) is 6.61 Å². The van der Waals surface area contributed by atoms with E-state index < -0.39 is 0 Å². The summed E-state index contributed by atoms with van der Waals surface area (Å²) in [6.45, 7) is 6.91. The molecule has 5 nitrogen and oxygen atoms in total. The molecule has 0 radical (unpaired) electrons. The summed E-state index contributed by atoms with van der Waals surface area (Å²) in [6.07, 6.45) is 2.75. The van der Waals surface area contributed by atoms with Gasteiger partial charge in [0.2, 0.25) is 0 Å². The van der Waals surface area contributed by atoms with Gasteiger partial charge in [0.1, 0.15) is 0 Å². The predicted molar refractivity (Wildman–Crippen MR) is 75.9 cm³/mol. The van der Waals surface area contributed by atoms with Crippen molar-refractivity contribution in [2.45, 2.75) is 39.3 Å². The Morgan fingerprint density at radius 1 is 1.47 bits per heavy atom. The van der Waals surface area contributed by atoms with Crippen molar-refractivity contribution >= 4 is 11.0 Å². The van der Waals surface area contributed by atoms with Gasteiger partial charge in [0.05, 0.1) is 12.3 Å². The molecule has 0 aliphatic rings. The van der Waals surface area contributed by atoms with Crippen LogP contribution in [0, 0.1) is 6.92 Å². The fourth-order valence-electron chi connectivity index (χ4n) is 2.06. The van der Waals surface area contributed by atoms with E-state index in [4.69, 9.17) is 0 Å². The predicted octanol–water partition coefficient (Wildman–Crippen LogP) is 1.53. The second-order valence-corrected chi connectivity index (χ2v) is 5.35. The zero-order valence-corrected chi connectivity index (χ0v) is 12.1. The van der Waals surface area contributed by atoms with Crippen molar-refractivity contribution in [2.24, 2.45) is 7.05 Å². The number of fused-ring (bicyclic) bond motifs is 1. The molecule has 0 fully saturated rings. The molecule has 1 unspecified atom stereocenters. The normalized spacial score (nSPS) is 14.8. The van der Waals surface area contributed by atoms with Crippen molar-refractivity contribution in [1.82, 2.24) is 20.1 Å². The van der Waals surface area contributed by atoms with Crippen molar-refractivity contribution in [3.05, 3.63) is 23.5 Å². The van der Waals surface area contributed by atoms with Crippen LogP contribution in [0.25, 0.3) is 11.0 Å². The van der Waals surface area contributed by atoms with Crippen molar-refractivity contribution < 1.29 is 5.11 Å². The first-order chi connectivity index (χ1) is 8.99. The fourth-order valence-corrected chi connectivity index (χ4v) is 2.06. The van der Waals surface area contributed by atoms with Crippen LogP contribution in [0.1, 0.15) is 31.5 Å². The zero-order chi connectivity index (χ0) is 14.0. The van der Waals surface area contributed by atoms with Gasteiger partial charge < -0.3 is 10.4 Å². The number of aliphatic hydroxyl groups is 1. The van der Waals surface area contributed by atoms with Gasteiger partial charge >= 0.3 is 0 Å². The lowest BCUT2D eigenvalue weighted by Gasteiger charge is -2.27. The van der Waals surface area contributed by atoms with E-state index in [1.54, 1.807) is 4.68 Å². The summed E-state index contributed by atoms with van der Waals surface area (Å²) < 4.78 is 1.80. The molecule has 0 bridgehead atoms. The molecule has 0 spiro atoms. The van der Waals surface area contributed by atoms with E-state index in [1.807, 2.05) is 27.1 Å². The molecule has 2 rings (SSSR count). The van der Waals surface area contributed by atoms with Crippen LogP contribution < -0.4 is 5.32 Å². The Morgan fingerprint density at radius 2 is 2.21 bits per heavy atom. The average molecular weight is 262 g/mol. The lowest BCUT2D eigenvalue weighted by atomic mass is 10.00. The highest BCUT2D eigenvalue weighted by atomic mass is 16.3. The average Bonchev–Trinajstić information content (AvgIpc) is 2.71. The second-order valence-electron chi connectivity index (χ2n) is 5.35. The monoisotopic (exact) mass is 262 g/mol. The lowest BCUT2D eigenvalue weighted by Crippen LogP contribution is -2.44. The van der Waals surface area contributed by atoms with E-state index in [-0.39, 0.29) is 12.1 Å². The van der Waals surface area contributed by atoms with Crippen LogP contribution in [0.2, 0.25) is 0 Å². The number of hydrogen-bond acceptors (Lipinski definition) is 4. The fraction of sp³-hybridized carbons (Fsp3) is 0.571. The van der Waals surface area contributed by atoms with Crippen LogP contribution >= 0.6 is 0 Å². The van der Waals surface area contributed by atoms with Crippen molar-refractivity contribution in [3.63, 3.8) is 0 Å². The molecule has 0 aromatic carbocycles. The highest BCUT2D eigenvalue weighted by molar-refractivity contribution is 5.78. The Kier molecular flexibility index (Phi) is 3.87. The third kappa shape index (κ3) is 2.77. The Balaban J connectivity index is 2.20. The molecule has 0 saturated carbocycles. The SMILES string of the molecule is CCC(C)(CO)NCc1cnc2c(c1)c(C)nn2C. The summed E-state index contributed by atoms with van der Waals surface area (Å²) in [7, 11) is 1.90. The van der Waals surface area contributed by atoms with Crippen LogP contribution in [-0.4, -0.2) is 32.0 Å². The maximum atomic E-state index is 9.39. The maximum absolute atomic E-state index is 9.39. The molecule has 2 heterocycles. The Morgan fingerprint density at radius 3 is 2.84 bits per heavy atom. The molecule has 1 atom stereocenters. The molecule has 5 heteroatoms. The molecule has 0 saturated heterocycles. The molecule has 2 aromatic rings. The minimum atomic E-state index is -0.237. The summed E-state index contributed by atoms with van der Waals surface area (Å²) in [5.74, 6) is 0. The first kappa shape index (κ1) is 14.0. The number of nitrogens with zero attached hydrogens (tertiary/aromatic N) is 3. The summed E-state index contributed by atoms with van der Waals surface area (Å²) in [5.41, 5.74) is 2.77. The molecule has 2 aromatic heterocycles. The van der Waals surface area contributed by atoms with E-state index in [1.165, 1.54) is 0 Å². The molecule has 0 amide bonds. The van der Waals surface area contributed by atoms with Gasteiger partial charge in [0.15, 0.2) is 5.65 Å². The van der Waals surface area contributed by atoms with Crippen LogP contribution in [0.3, 0.4) is 0 Å². The van der Waals surface area contributed by atoms with E-state index >= 15 is 0 Å². The molecule has 19 heavy (non-hydrogen) atoms. The number of pyridine rings is 1. The van der Waals surface area contributed by atoms with Gasteiger partial charge in [-0.3, -0.25) is 4.68 Å². The van der Waals surface area contributed by atoms with Gasteiger partial charge in [0, 0.05) is 30.7 Å². The Labute approximate surface area is 113 Å². The van der Waals surface area contributed by atoms with Gasteiger partial charge in [-0.05, 0) is 31.9 Å². The van der Waals surface area contributed by atoms with E-state index in [0.717, 1.165) is 28.7 Å². The first-order valence-electron chi connectivity index (χ1n) is 6.63. The number of rotatable bonds is 5. The van der Waals surface area contributed by atoms with E-state index in [0.29, 0.717) is 6.54 Å². The summed E-state index contributed by atoms with van der Waals surface area (Å²) in [6, 6.07) is 2.12. The highest BCUT2D eigenvalue weighted by Crippen LogP contribution is 2.17. The third-order valence-electron chi connectivity index (χ3n) is 3.77. The number of nitrogens with one attached hydrogen (secondary N) is 1. The van der Waals surface area contributed by atoms with Gasteiger partial charge in [-0.15, -0.1) is 0 Å². The third-order valence-corrected chi connectivity index (χ3v) is 3.77. The number of aliphatic hydroxyl groups excluding tert-OH is 1. The van der Waals surface area contributed by atoms with Gasteiger partial charge in [-0.25, -0.2) is 4.98 Å². The van der Waals surface area contributed by atoms with Crippen molar-refractivity contribution in [1.29, 1.82) is 0 Å². The summed E-state index contributed by atoms with van der Waals surface area (Å²) in [5, 5.41) is 18.2. The molecular weight excluding hydrogens is 240 g/mol. The molecule has 2 N–H and O–H groups in total. The minimum Gasteiger partial charge on any atom is -0.394 e. The van der Waals surface area contributed by atoms with E-state index in [2.05, 4.69) is 28.4 Å². The number of aryl methyl sites for hydroxylation is 2. The minimum absolute atomic E-state index is 0.130. The Hall–Kier alpha value is -1.46. The van der Waals surface area contributed by atoms with Gasteiger partial charge in [0.25, 0.3) is 0 Å². The molecule has 0 aliphatic carbocycles. The lowest BCUT2D eigenvalue weighted by molar-refractivity contribution is 0.169. The Bertz CT molecular complexity index is 572. The number of aromatic nitrogens is 3. The quantitative estimate of drug-likeness (QED) is 0.857. The topological polar surface area (TPSA) is 63.0 Å². The highest BCUT2D eigenvalue weighted by Gasteiger charge is 2.19. The van der Waals surface area contributed by atoms with Crippen LogP contribution in [-0.2, 0) is 13.6 Å². The summed E-state index contributed by atoms with van der Waals surface area (Å²) >= 11 is 0. The molecule has 0 aliphatic heterocycles. The van der Waals surface area contributed by atoms with Crippen LogP contribution in [0.4, 0.5) is 0 Å². The number of hydrogen-bond donors (Lipinski definition) is 2. The van der Waals surface area contributed by atoms with Gasteiger partial charge in [-0.2, -0.15) is 5.10 Å². The zero-order valence-electron chi connectivity index (χ0n) is 12.1. The van der Waals surface area contributed by atoms with E-state index in [9.17, 15) is 5.11 Å². The maximum Gasteiger partial charge on any atom is 0.157 e. The second kappa shape index (κ2) is 5.27. The summed E-state index contributed by atoms with van der Waals surface area (Å²) in [4.78, 5) is 4.45. The van der Waals surface area contributed by atoms with Crippen LogP contribution in [0.5, 0.6) is 0 Å². The molecular formula is C14H22N4O.